The summed E-state index contributed by atoms with van der Waals surface area (Å²) in [6.07, 6.45) is 3.41. The molecule has 0 spiro atoms. The van der Waals surface area contributed by atoms with Crippen LogP contribution in [-0.2, 0) is 0 Å². The summed E-state index contributed by atoms with van der Waals surface area (Å²) in [6, 6.07) is 11.6. The fourth-order valence-corrected chi connectivity index (χ4v) is 2.58. The van der Waals surface area contributed by atoms with Crippen molar-refractivity contribution in [2.45, 2.75) is 32.9 Å². The number of nitrogens with zero attached hydrogens (tertiary/aromatic N) is 3. The number of anilines is 1. The minimum Gasteiger partial charge on any atom is -0.331 e. The van der Waals surface area contributed by atoms with Gasteiger partial charge in [-0.25, -0.2) is 14.5 Å². The number of carbonyl (C=O) groups is 1. The summed E-state index contributed by atoms with van der Waals surface area (Å²) >= 11 is 0. The molecule has 1 aromatic carbocycles. The SMILES string of the molecule is CC(C)n1ncc2cc(NC(=O)N[C@@H](C)c3ccccc3)cnc21. The topological polar surface area (TPSA) is 71.8 Å². The Morgan fingerprint density at radius 2 is 1.88 bits per heavy atom. The van der Waals surface area contributed by atoms with Crippen molar-refractivity contribution in [2.75, 3.05) is 5.32 Å². The highest BCUT2D eigenvalue weighted by molar-refractivity contribution is 5.91. The zero-order valence-electron chi connectivity index (χ0n) is 14.0. The molecule has 0 aliphatic carbocycles. The number of hydrogen-bond acceptors (Lipinski definition) is 3. The van der Waals surface area contributed by atoms with Crippen molar-refractivity contribution >= 4 is 22.8 Å². The van der Waals surface area contributed by atoms with Crippen molar-refractivity contribution in [1.82, 2.24) is 20.1 Å². The summed E-state index contributed by atoms with van der Waals surface area (Å²) in [5, 5.41) is 11.0. The van der Waals surface area contributed by atoms with Crippen LogP contribution in [0, 0.1) is 0 Å². The van der Waals surface area contributed by atoms with Gasteiger partial charge in [-0.2, -0.15) is 5.10 Å². The van der Waals surface area contributed by atoms with Gasteiger partial charge in [-0.1, -0.05) is 30.3 Å². The van der Waals surface area contributed by atoms with E-state index in [0.717, 1.165) is 16.6 Å². The van der Waals surface area contributed by atoms with E-state index in [0.29, 0.717) is 5.69 Å². The van der Waals surface area contributed by atoms with Crippen LogP contribution in [0.2, 0.25) is 0 Å². The molecular weight excluding hydrogens is 302 g/mol. The van der Waals surface area contributed by atoms with E-state index in [9.17, 15) is 4.79 Å². The van der Waals surface area contributed by atoms with Crippen molar-refractivity contribution in [3.63, 3.8) is 0 Å². The molecule has 1 atom stereocenters. The summed E-state index contributed by atoms with van der Waals surface area (Å²) in [6.45, 7) is 6.06. The normalized spacial score (nSPS) is 12.3. The third-order valence-corrected chi connectivity index (χ3v) is 3.83. The molecule has 0 unspecified atom stereocenters. The lowest BCUT2D eigenvalue weighted by Gasteiger charge is -2.15. The molecule has 2 amide bonds. The van der Waals surface area contributed by atoms with E-state index in [1.165, 1.54) is 0 Å². The lowest BCUT2D eigenvalue weighted by Crippen LogP contribution is -2.31. The zero-order chi connectivity index (χ0) is 17.1. The molecule has 2 N–H and O–H groups in total. The fraction of sp³-hybridized carbons (Fsp3) is 0.278. The lowest BCUT2D eigenvalue weighted by molar-refractivity contribution is 0.249. The van der Waals surface area contributed by atoms with E-state index in [2.05, 4.69) is 34.6 Å². The van der Waals surface area contributed by atoms with Crippen LogP contribution in [0.1, 0.15) is 38.4 Å². The zero-order valence-corrected chi connectivity index (χ0v) is 14.0. The van der Waals surface area contributed by atoms with Gasteiger partial charge in [-0.05, 0) is 32.4 Å². The van der Waals surface area contributed by atoms with Crippen LogP contribution in [0.4, 0.5) is 10.5 Å². The smallest absolute Gasteiger partial charge is 0.319 e. The first-order valence-electron chi connectivity index (χ1n) is 8.00. The van der Waals surface area contributed by atoms with E-state index in [1.807, 2.05) is 48.0 Å². The molecule has 24 heavy (non-hydrogen) atoms. The molecule has 0 saturated heterocycles. The first kappa shape index (κ1) is 16.0. The number of carbonyl (C=O) groups excluding carboxylic acids is 1. The van der Waals surface area contributed by atoms with Crippen molar-refractivity contribution in [3.05, 3.63) is 54.4 Å². The van der Waals surface area contributed by atoms with Gasteiger partial charge >= 0.3 is 6.03 Å². The number of fused-ring (bicyclic) bond motifs is 1. The second kappa shape index (κ2) is 6.70. The Bertz CT molecular complexity index is 841. The number of aromatic nitrogens is 3. The highest BCUT2D eigenvalue weighted by atomic mass is 16.2. The van der Waals surface area contributed by atoms with Crippen LogP contribution in [0.3, 0.4) is 0 Å². The van der Waals surface area contributed by atoms with Gasteiger partial charge < -0.3 is 10.6 Å². The number of rotatable bonds is 4. The predicted molar refractivity (Wildman–Crippen MR) is 94.9 cm³/mol. The number of benzene rings is 1. The monoisotopic (exact) mass is 323 g/mol. The summed E-state index contributed by atoms with van der Waals surface area (Å²) in [5.41, 5.74) is 2.51. The molecule has 2 aromatic heterocycles. The summed E-state index contributed by atoms with van der Waals surface area (Å²) in [7, 11) is 0. The summed E-state index contributed by atoms with van der Waals surface area (Å²) in [5.74, 6) is 0. The summed E-state index contributed by atoms with van der Waals surface area (Å²) in [4.78, 5) is 16.6. The summed E-state index contributed by atoms with van der Waals surface area (Å²) < 4.78 is 1.86. The molecule has 2 heterocycles. The maximum absolute atomic E-state index is 12.2. The molecule has 3 rings (SSSR count). The van der Waals surface area contributed by atoms with Crippen molar-refractivity contribution in [1.29, 1.82) is 0 Å². The maximum Gasteiger partial charge on any atom is 0.319 e. The van der Waals surface area contributed by atoms with E-state index in [-0.39, 0.29) is 18.1 Å². The van der Waals surface area contributed by atoms with E-state index in [1.54, 1.807) is 12.4 Å². The van der Waals surface area contributed by atoms with Gasteiger partial charge in [-0.3, -0.25) is 0 Å². The van der Waals surface area contributed by atoms with Gasteiger partial charge in [0.25, 0.3) is 0 Å². The van der Waals surface area contributed by atoms with Gasteiger partial charge in [0.1, 0.15) is 0 Å². The molecule has 0 aliphatic heterocycles. The van der Waals surface area contributed by atoms with E-state index >= 15 is 0 Å². The lowest BCUT2D eigenvalue weighted by atomic mass is 10.1. The molecular formula is C18H21N5O. The van der Waals surface area contributed by atoms with Gasteiger partial charge in [0.15, 0.2) is 5.65 Å². The van der Waals surface area contributed by atoms with Crippen LogP contribution in [0.25, 0.3) is 11.0 Å². The quantitative estimate of drug-likeness (QED) is 0.765. The molecule has 0 saturated carbocycles. The average molecular weight is 323 g/mol. The van der Waals surface area contributed by atoms with Crippen molar-refractivity contribution in [2.24, 2.45) is 0 Å². The van der Waals surface area contributed by atoms with Crippen LogP contribution >= 0.6 is 0 Å². The minimum absolute atomic E-state index is 0.0772. The maximum atomic E-state index is 12.2. The number of amides is 2. The molecule has 0 fully saturated rings. The van der Waals surface area contributed by atoms with Gasteiger partial charge in [0.05, 0.1) is 24.1 Å². The molecule has 124 valence electrons. The Morgan fingerprint density at radius 1 is 1.12 bits per heavy atom. The standard InChI is InChI=1S/C18H21N5O/c1-12(2)23-17-15(10-20-23)9-16(11-19-17)22-18(24)21-13(3)14-7-5-4-6-8-14/h4-13H,1-3H3,(H2,21,22,24)/t13-/m0/s1. The second-order valence-electron chi connectivity index (χ2n) is 6.05. The Labute approximate surface area is 140 Å². The third-order valence-electron chi connectivity index (χ3n) is 3.83. The highest BCUT2D eigenvalue weighted by Crippen LogP contribution is 2.19. The van der Waals surface area contributed by atoms with Crippen molar-refractivity contribution in [3.8, 4) is 0 Å². The van der Waals surface area contributed by atoms with Crippen LogP contribution in [0.15, 0.2) is 48.8 Å². The number of nitrogens with one attached hydrogen (secondary N) is 2. The molecule has 3 aromatic rings. The van der Waals surface area contributed by atoms with Gasteiger partial charge in [0.2, 0.25) is 0 Å². The minimum atomic E-state index is -0.260. The van der Waals surface area contributed by atoms with Crippen LogP contribution < -0.4 is 10.6 Å². The first-order chi connectivity index (χ1) is 11.5. The number of hydrogen-bond donors (Lipinski definition) is 2. The van der Waals surface area contributed by atoms with Crippen molar-refractivity contribution < 1.29 is 4.79 Å². The van der Waals surface area contributed by atoms with E-state index < -0.39 is 0 Å². The first-order valence-corrected chi connectivity index (χ1v) is 8.00. The third kappa shape index (κ3) is 3.37. The Hall–Kier alpha value is -2.89. The molecule has 0 bridgehead atoms. The molecule has 6 heteroatoms. The number of urea groups is 1. The predicted octanol–water partition coefficient (Wildman–Crippen LogP) is 3.89. The average Bonchev–Trinajstić information content (AvgIpc) is 2.99. The Kier molecular flexibility index (Phi) is 4.46. The second-order valence-corrected chi connectivity index (χ2v) is 6.05. The Morgan fingerprint density at radius 3 is 2.58 bits per heavy atom. The fourth-order valence-electron chi connectivity index (χ4n) is 2.58. The largest absolute Gasteiger partial charge is 0.331 e. The van der Waals surface area contributed by atoms with Crippen LogP contribution in [-0.4, -0.2) is 20.8 Å². The molecule has 0 radical (unpaired) electrons. The number of pyridine rings is 1. The Balaban J connectivity index is 1.69. The molecule has 6 nitrogen and oxygen atoms in total. The van der Waals surface area contributed by atoms with Crippen LogP contribution in [0.5, 0.6) is 0 Å². The highest BCUT2D eigenvalue weighted by Gasteiger charge is 2.11. The van der Waals surface area contributed by atoms with Gasteiger partial charge in [0, 0.05) is 11.4 Å². The molecule has 0 aliphatic rings. The van der Waals surface area contributed by atoms with Gasteiger partial charge in [-0.15, -0.1) is 0 Å². The van der Waals surface area contributed by atoms with E-state index in [4.69, 9.17) is 0 Å².